The Balaban J connectivity index is 1.96. The molecule has 0 amide bonds. The molecular formula is C17H20N2O2. The Hall–Kier alpha value is -2.20. The van der Waals surface area contributed by atoms with E-state index in [1.54, 1.807) is 12.1 Å². The van der Waals surface area contributed by atoms with Crippen LogP contribution in [0, 0.1) is 17.0 Å². The van der Waals surface area contributed by atoms with E-state index in [4.69, 9.17) is 5.73 Å². The van der Waals surface area contributed by atoms with E-state index in [0.717, 1.165) is 12.8 Å². The maximum absolute atomic E-state index is 11.0. The molecule has 0 aliphatic rings. The van der Waals surface area contributed by atoms with Gasteiger partial charge in [-0.1, -0.05) is 48.0 Å². The maximum atomic E-state index is 11.0. The van der Waals surface area contributed by atoms with Crippen LogP contribution in [0.15, 0.2) is 48.5 Å². The van der Waals surface area contributed by atoms with Crippen molar-refractivity contribution in [2.45, 2.75) is 32.2 Å². The zero-order chi connectivity index (χ0) is 15.2. The zero-order valence-electron chi connectivity index (χ0n) is 12.2. The summed E-state index contributed by atoms with van der Waals surface area (Å²) in [5, 5.41) is 11.0. The Labute approximate surface area is 124 Å². The molecular weight excluding hydrogens is 264 g/mol. The standard InChI is InChI=1S/C17H20N2O2/c1-13-5-4-6-14(11-13)9-10-16(18)12-15-7-2-3-8-17(15)19(20)21/h2-8,11,16H,9-10,12,18H2,1H3. The minimum Gasteiger partial charge on any atom is -0.327 e. The number of nitrogens with two attached hydrogens (primary N) is 1. The van der Waals surface area contributed by atoms with Gasteiger partial charge in [-0.05, 0) is 31.7 Å². The predicted octanol–water partition coefficient (Wildman–Crippen LogP) is 3.41. The molecule has 0 spiro atoms. The largest absolute Gasteiger partial charge is 0.327 e. The van der Waals surface area contributed by atoms with Crippen LogP contribution in [0.3, 0.4) is 0 Å². The number of hydrogen-bond acceptors (Lipinski definition) is 3. The van der Waals surface area contributed by atoms with Crippen molar-refractivity contribution < 1.29 is 4.92 Å². The Kier molecular flexibility index (Phi) is 5.06. The van der Waals surface area contributed by atoms with Crippen molar-refractivity contribution in [3.05, 3.63) is 75.3 Å². The highest BCUT2D eigenvalue weighted by molar-refractivity contribution is 5.40. The quantitative estimate of drug-likeness (QED) is 0.653. The molecule has 2 rings (SSSR count). The molecule has 2 aromatic carbocycles. The van der Waals surface area contributed by atoms with E-state index < -0.39 is 0 Å². The van der Waals surface area contributed by atoms with Gasteiger partial charge in [0.05, 0.1) is 4.92 Å². The number of para-hydroxylation sites is 1. The normalized spacial score (nSPS) is 12.1. The third kappa shape index (κ3) is 4.39. The van der Waals surface area contributed by atoms with Gasteiger partial charge in [0.1, 0.15) is 0 Å². The molecule has 0 fully saturated rings. The first-order chi connectivity index (χ1) is 10.1. The summed E-state index contributed by atoms with van der Waals surface area (Å²) in [5.41, 5.74) is 9.50. The van der Waals surface area contributed by atoms with Gasteiger partial charge in [-0.2, -0.15) is 0 Å². The fourth-order valence-electron chi connectivity index (χ4n) is 2.47. The topological polar surface area (TPSA) is 69.2 Å². The van der Waals surface area contributed by atoms with Gasteiger partial charge in [-0.3, -0.25) is 10.1 Å². The van der Waals surface area contributed by atoms with E-state index in [1.807, 2.05) is 12.1 Å². The lowest BCUT2D eigenvalue weighted by Gasteiger charge is -2.12. The molecule has 0 aromatic heterocycles. The van der Waals surface area contributed by atoms with Crippen LogP contribution in [0.1, 0.15) is 23.1 Å². The lowest BCUT2D eigenvalue weighted by Crippen LogP contribution is -2.24. The van der Waals surface area contributed by atoms with Crippen molar-refractivity contribution in [2.75, 3.05) is 0 Å². The third-order valence-electron chi connectivity index (χ3n) is 3.56. The van der Waals surface area contributed by atoms with Crippen LogP contribution < -0.4 is 5.73 Å². The number of benzene rings is 2. The number of nitro benzene ring substituents is 1. The first-order valence-electron chi connectivity index (χ1n) is 7.09. The second kappa shape index (κ2) is 6.99. The van der Waals surface area contributed by atoms with E-state index in [1.165, 1.54) is 17.2 Å². The van der Waals surface area contributed by atoms with Gasteiger partial charge in [-0.15, -0.1) is 0 Å². The van der Waals surface area contributed by atoms with Crippen LogP contribution in [-0.4, -0.2) is 11.0 Å². The van der Waals surface area contributed by atoms with Gasteiger partial charge >= 0.3 is 0 Å². The Morgan fingerprint density at radius 3 is 2.67 bits per heavy atom. The van der Waals surface area contributed by atoms with E-state index in [-0.39, 0.29) is 16.7 Å². The molecule has 4 heteroatoms. The summed E-state index contributed by atoms with van der Waals surface area (Å²) in [6, 6.07) is 15.1. The van der Waals surface area contributed by atoms with Crippen molar-refractivity contribution in [2.24, 2.45) is 5.73 Å². The van der Waals surface area contributed by atoms with E-state index in [2.05, 4.69) is 25.1 Å². The van der Waals surface area contributed by atoms with Gasteiger partial charge in [0.25, 0.3) is 5.69 Å². The van der Waals surface area contributed by atoms with Crippen molar-refractivity contribution in [3.8, 4) is 0 Å². The average molecular weight is 284 g/mol. The lowest BCUT2D eigenvalue weighted by atomic mass is 9.98. The average Bonchev–Trinajstić information content (AvgIpc) is 2.45. The molecule has 1 atom stereocenters. The number of rotatable bonds is 6. The zero-order valence-corrected chi connectivity index (χ0v) is 12.2. The smallest absolute Gasteiger partial charge is 0.272 e. The Morgan fingerprint density at radius 2 is 1.95 bits per heavy atom. The number of nitro groups is 1. The SMILES string of the molecule is Cc1cccc(CCC(N)Cc2ccccc2[N+](=O)[O-])c1. The summed E-state index contributed by atoms with van der Waals surface area (Å²) >= 11 is 0. The first kappa shape index (κ1) is 15.2. The van der Waals surface area contributed by atoms with Gasteiger partial charge in [-0.25, -0.2) is 0 Å². The molecule has 0 aliphatic heterocycles. The fourth-order valence-corrected chi connectivity index (χ4v) is 2.47. The summed E-state index contributed by atoms with van der Waals surface area (Å²) in [6.45, 7) is 2.07. The van der Waals surface area contributed by atoms with E-state index >= 15 is 0 Å². The monoisotopic (exact) mass is 284 g/mol. The molecule has 0 heterocycles. The van der Waals surface area contributed by atoms with Gasteiger partial charge < -0.3 is 5.73 Å². The Bertz CT molecular complexity index is 626. The second-order valence-corrected chi connectivity index (χ2v) is 5.38. The minimum atomic E-state index is -0.345. The molecule has 0 saturated heterocycles. The molecule has 0 bridgehead atoms. The van der Waals surface area contributed by atoms with Crippen molar-refractivity contribution >= 4 is 5.69 Å². The van der Waals surface area contributed by atoms with Crippen molar-refractivity contribution in [1.82, 2.24) is 0 Å². The maximum Gasteiger partial charge on any atom is 0.272 e. The highest BCUT2D eigenvalue weighted by Crippen LogP contribution is 2.20. The fraction of sp³-hybridized carbons (Fsp3) is 0.294. The summed E-state index contributed by atoms with van der Waals surface area (Å²) in [6.07, 6.45) is 2.24. The molecule has 2 aromatic rings. The molecule has 0 saturated carbocycles. The summed E-state index contributed by atoms with van der Waals surface area (Å²) in [7, 11) is 0. The van der Waals surface area contributed by atoms with Crippen molar-refractivity contribution in [1.29, 1.82) is 0 Å². The third-order valence-corrected chi connectivity index (χ3v) is 3.56. The first-order valence-corrected chi connectivity index (χ1v) is 7.09. The predicted molar refractivity (Wildman–Crippen MR) is 84.3 cm³/mol. The van der Waals surface area contributed by atoms with Crippen LogP contribution in [0.2, 0.25) is 0 Å². The van der Waals surface area contributed by atoms with Crippen LogP contribution in [0.5, 0.6) is 0 Å². The number of aryl methyl sites for hydroxylation is 2. The van der Waals surface area contributed by atoms with Crippen LogP contribution >= 0.6 is 0 Å². The van der Waals surface area contributed by atoms with Crippen LogP contribution in [0.4, 0.5) is 5.69 Å². The summed E-state index contributed by atoms with van der Waals surface area (Å²) in [4.78, 5) is 10.6. The highest BCUT2D eigenvalue weighted by atomic mass is 16.6. The molecule has 0 radical (unpaired) electrons. The second-order valence-electron chi connectivity index (χ2n) is 5.38. The molecule has 21 heavy (non-hydrogen) atoms. The van der Waals surface area contributed by atoms with E-state index in [9.17, 15) is 10.1 Å². The van der Waals surface area contributed by atoms with Gasteiger partial charge in [0.2, 0.25) is 0 Å². The summed E-state index contributed by atoms with van der Waals surface area (Å²) < 4.78 is 0. The lowest BCUT2D eigenvalue weighted by molar-refractivity contribution is -0.385. The van der Waals surface area contributed by atoms with E-state index in [0.29, 0.717) is 12.0 Å². The highest BCUT2D eigenvalue weighted by Gasteiger charge is 2.15. The Morgan fingerprint density at radius 1 is 1.19 bits per heavy atom. The van der Waals surface area contributed by atoms with Crippen LogP contribution in [-0.2, 0) is 12.8 Å². The molecule has 110 valence electrons. The minimum absolute atomic E-state index is 0.0772. The number of nitrogens with zero attached hydrogens (tertiary/aromatic N) is 1. The molecule has 0 aliphatic carbocycles. The number of hydrogen-bond donors (Lipinski definition) is 1. The van der Waals surface area contributed by atoms with Gasteiger partial charge in [0, 0.05) is 17.7 Å². The van der Waals surface area contributed by atoms with Crippen LogP contribution in [0.25, 0.3) is 0 Å². The van der Waals surface area contributed by atoms with Gasteiger partial charge in [0.15, 0.2) is 0 Å². The molecule has 2 N–H and O–H groups in total. The summed E-state index contributed by atoms with van der Waals surface area (Å²) in [5.74, 6) is 0. The molecule has 4 nitrogen and oxygen atoms in total. The van der Waals surface area contributed by atoms with Crippen molar-refractivity contribution in [3.63, 3.8) is 0 Å². The molecule has 1 unspecified atom stereocenters.